The van der Waals surface area contributed by atoms with Crippen molar-refractivity contribution in [2.45, 2.75) is 0 Å². The number of carboxylic acids is 1. The third-order valence-corrected chi connectivity index (χ3v) is 2.08. The molecule has 11 heteroatoms. The molecule has 0 radical (unpaired) electrons. The molecule has 0 aromatic heterocycles. The summed E-state index contributed by atoms with van der Waals surface area (Å²) in [6, 6.07) is 1.86. The molecule has 1 rings (SSSR count). The molecule has 0 amide bonds. The summed E-state index contributed by atoms with van der Waals surface area (Å²) in [5.74, 6) is -1.34. The van der Waals surface area contributed by atoms with Gasteiger partial charge in [0.15, 0.2) is 0 Å². The number of benzene rings is 1. The van der Waals surface area contributed by atoms with Gasteiger partial charge in [0.05, 0.1) is 15.5 Å². The van der Waals surface area contributed by atoms with Crippen molar-refractivity contribution in [2.24, 2.45) is 0 Å². The number of hydrogen-bond acceptors (Lipinski definition) is 5. The van der Waals surface area contributed by atoms with Crippen LogP contribution in [-0.2, 0) is 0 Å². The fraction of sp³-hybridized carbons (Fsp3) is 0. The second-order valence-corrected chi connectivity index (χ2v) is 3.40. The number of aromatic carboxylic acids is 1. The van der Waals surface area contributed by atoms with E-state index in [2.05, 4.69) is 0 Å². The Morgan fingerprint density at radius 2 is 1.61 bits per heavy atom. The molecule has 0 aliphatic carbocycles. The van der Waals surface area contributed by atoms with Gasteiger partial charge in [-0.3, -0.25) is 10.1 Å². The summed E-state index contributed by atoms with van der Waals surface area (Å²) in [5, 5.41) is 32.3. The summed E-state index contributed by atoms with van der Waals surface area (Å²) >= 11 is 11.0. The van der Waals surface area contributed by atoms with Crippen LogP contribution in [-0.4, -0.2) is 26.3 Å². The van der Waals surface area contributed by atoms with Crippen molar-refractivity contribution in [3.63, 3.8) is 0 Å². The lowest BCUT2D eigenvalue weighted by molar-refractivity contribution is -0.742. The van der Waals surface area contributed by atoms with Crippen LogP contribution in [0.4, 0.5) is 5.69 Å². The number of nitro groups is 1. The summed E-state index contributed by atoms with van der Waals surface area (Å²) in [6.07, 6.45) is 0. The first-order valence-electron chi connectivity index (χ1n) is 3.86. The van der Waals surface area contributed by atoms with Crippen molar-refractivity contribution in [1.82, 2.24) is 0 Å². The molecule has 1 aromatic carbocycles. The van der Waals surface area contributed by atoms with Gasteiger partial charge in [-0.2, -0.15) is 0 Å². The molecule has 0 unspecified atom stereocenters. The topological polar surface area (TPSA) is 144 Å². The Kier molecular flexibility index (Phi) is 5.79. The SMILES string of the molecule is O=C(O)c1cc([N+](=O)[O-])c(Cl)cc1Cl.O=[N+]([O-])O. The van der Waals surface area contributed by atoms with Crippen LogP contribution in [0, 0.1) is 20.2 Å². The normalized spacial score (nSPS) is 9.00. The Morgan fingerprint density at radius 3 is 1.94 bits per heavy atom. The van der Waals surface area contributed by atoms with Crippen LogP contribution in [0.15, 0.2) is 12.1 Å². The molecule has 9 nitrogen and oxygen atoms in total. The highest BCUT2D eigenvalue weighted by Gasteiger charge is 2.19. The molecular weight excluding hydrogens is 295 g/mol. The van der Waals surface area contributed by atoms with Crippen LogP contribution in [0.5, 0.6) is 0 Å². The first-order valence-corrected chi connectivity index (χ1v) is 4.62. The quantitative estimate of drug-likeness (QED) is 0.629. The molecule has 0 aliphatic rings. The van der Waals surface area contributed by atoms with Crippen LogP contribution < -0.4 is 0 Å². The highest BCUT2D eigenvalue weighted by atomic mass is 35.5. The van der Waals surface area contributed by atoms with Gasteiger partial charge in [0.1, 0.15) is 5.02 Å². The monoisotopic (exact) mass is 298 g/mol. The predicted molar refractivity (Wildman–Crippen MR) is 58.9 cm³/mol. The molecule has 0 saturated carbocycles. The fourth-order valence-electron chi connectivity index (χ4n) is 0.841. The van der Waals surface area contributed by atoms with Crippen molar-refractivity contribution in [3.8, 4) is 0 Å². The van der Waals surface area contributed by atoms with Crippen LogP contribution in [0.1, 0.15) is 10.4 Å². The second kappa shape index (κ2) is 6.57. The zero-order valence-corrected chi connectivity index (χ0v) is 9.75. The van der Waals surface area contributed by atoms with Crippen LogP contribution in [0.2, 0.25) is 10.0 Å². The summed E-state index contributed by atoms with van der Waals surface area (Å²) < 4.78 is 0. The van der Waals surface area contributed by atoms with Gasteiger partial charge in [-0.25, -0.2) is 4.79 Å². The van der Waals surface area contributed by atoms with E-state index in [0.29, 0.717) is 0 Å². The minimum atomic E-state index is -1.50. The second-order valence-electron chi connectivity index (χ2n) is 2.58. The zero-order chi connectivity index (χ0) is 14.5. The molecule has 0 aliphatic heterocycles. The van der Waals surface area contributed by atoms with E-state index in [1.165, 1.54) is 0 Å². The average molecular weight is 299 g/mol. The Labute approximate surface area is 108 Å². The van der Waals surface area contributed by atoms with E-state index in [1.54, 1.807) is 0 Å². The Bertz CT molecular complexity index is 466. The van der Waals surface area contributed by atoms with Crippen LogP contribution in [0.3, 0.4) is 0 Å². The largest absolute Gasteiger partial charge is 0.478 e. The molecule has 0 bridgehead atoms. The lowest BCUT2D eigenvalue weighted by Crippen LogP contribution is -1.99. The molecule has 0 spiro atoms. The summed E-state index contributed by atoms with van der Waals surface area (Å²) in [4.78, 5) is 28.5. The predicted octanol–water partition coefficient (Wildman–Crippen LogP) is 2.25. The van der Waals surface area contributed by atoms with Crippen LogP contribution in [0.25, 0.3) is 0 Å². The van der Waals surface area contributed by atoms with Crippen molar-refractivity contribution < 1.29 is 25.1 Å². The van der Waals surface area contributed by atoms with Gasteiger partial charge in [0, 0.05) is 6.07 Å². The van der Waals surface area contributed by atoms with Gasteiger partial charge in [-0.05, 0) is 6.07 Å². The number of hydrogen-bond donors (Lipinski definition) is 2. The van der Waals surface area contributed by atoms with E-state index in [4.69, 9.17) is 43.6 Å². The number of carboxylic acid groups (broad SMARTS) is 1. The molecule has 98 valence electrons. The Hall–Kier alpha value is -2.13. The van der Waals surface area contributed by atoms with Crippen molar-refractivity contribution in [2.75, 3.05) is 0 Å². The summed E-state index contributed by atoms with van der Waals surface area (Å²) in [7, 11) is 0. The molecule has 0 saturated heterocycles. The third kappa shape index (κ3) is 4.80. The van der Waals surface area contributed by atoms with E-state index in [9.17, 15) is 14.9 Å². The standard InChI is InChI=1S/C7H3Cl2NO4.HNO3/c8-4-2-5(9)6(10(13)14)1-3(4)7(11)12;2-1(3)4/h1-2H,(H,11,12);(H,2,3,4). The zero-order valence-electron chi connectivity index (χ0n) is 8.24. The number of nitrogens with zero attached hydrogens (tertiary/aromatic N) is 2. The van der Waals surface area contributed by atoms with Gasteiger partial charge >= 0.3 is 5.97 Å². The molecule has 0 atom stereocenters. The van der Waals surface area contributed by atoms with Gasteiger partial charge in [0.25, 0.3) is 10.8 Å². The molecule has 1 aromatic rings. The third-order valence-electron chi connectivity index (χ3n) is 1.46. The Balaban J connectivity index is 0.000000631. The van der Waals surface area contributed by atoms with E-state index in [0.717, 1.165) is 12.1 Å². The van der Waals surface area contributed by atoms with E-state index in [-0.39, 0.29) is 15.6 Å². The maximum absolute atomic E-state index is 10.6. The number of carbonyl (C=O) groups is 1. The first-order chi connectivity index (χ1) is 8.16. The summed E-state index contributed by atoms with van der Waals surface area (Å²) in [5.41, 5.74) is -0.823. The lowest BCUT2D eigenvalue weighted by atomic mass is 10.2. The molecule has 0 heterocycles. The molecule has 0 fully saturated rings. The van der Waals surface area contributed by atoms with Gasteiger partial charge in [0.2, 0.25) is 0 Å². The maximum atomic E-state index is 10.6. The first kappa shape index (κ1) is 15.9. The fourth-order valence-corrected chi connectivity index (χ4v) is 1.37. The minimum Gasteiger partial charge on any atom is -0.478 e. The summed E-state index contributed by atoms with van der Waals surface area (Å²) in [6.45, 7) is 0. The molecule has 2 N–H and O–H groups in total. The lowest BCUT2D eigenvalue weighted by Gasteiger charge is -2.00. The number of halogens is 2. The van der Waals surface area contributed by atoms with Crippen molar-refractivity contribution >= 4 is 34.9 Å². The minimum absolute atomic E-state index is 0.131. The average Bonchev–Trinajstić information content (AvgIpc) is 2.14. The van der Waals surface area contributed by atoms with E-state index >= 15 is 0 Å². The maximum Gasteiger partial charge on any atom is 0.337 e. The molecular formula is C7H4Cl2N2O7. The van der Waals surface area contributed by atoms with Gasteiger partial charge in [-0.15, -0.1) is 10.1 Å². The van der Waals surface area contributed by atoms with Crippen molar-refractivity contribution in [1.29, 1.82) is 0 Å². The molecule has 18 heavy (non-hydrogen) atoms. The smallest absolute Gasteiger partial charge is 0.337 e. The highest BCUT2D eigenvalue weighted by molar-refractivity contribution is 6.37. The number of nitro benzene ring substituents is 1. The van der Waals surface area contributed by atoms with Gasteiger partial charge < -0.3 is 10.3 Å². The highest BCUT2D eigenvalue weighted by Crippen LogP contribution is 2.30. The van der Waals surface area contributed by atoms with Crippen LogP contribution >= 0.6 is 23.2 Å². The van der Waals surface area contributed by atoms with E-state index < -0.39 is 21.7 Å². The number of rotatable bonds is 2. The van der Waals surface area contributed by atoms with E-state index in [1.807, 2.05) is 0 Å². The van der Waals surface area contributed by atoms with Gasteiger partial charge in [-0.1, -0.05) is 23.2 Å². The Morgan fingerprint density at radius 1 is 1.17 bits per heavy atom. The van der Waals surface area contributed by atoms with Crippen molar-refractivity contribution in [3.05, 3.63) is 48.0 Å².